The fraction of sp³-hybridized carbons (Fsp3) is 1.00. The van der Waals surface area contributed by atoms with Crippen molar-refractivity contribution in [2.45, 2.75) is 17.2 Å². The molecule has 66 valence electrons. The van der Waals surface area contributed by atoms with Gasteiger partial charge in [-0.2, -0.15) is 0 Å². The van der Waals surface area contributed by atoms with Gasteiger partial charge in [-0.25, -0.2) is 8.42 Å². The molecule has 0 aromatic carbocycles. The molecule has 0 aromatic rings. The minimum atomic E-state index is -2.96. The van der Waals surface area contributed by atoms with Crippen molar-refractivity contribution in [3.63, 3.8) is 0 Å². The van der Waals surface area contributed by atoms with Crippen molar-refractivity contribution in [3.8, 4) is 0 Å². The molecule has 4 nitrogen and oxygen atoms in total. The molecule has 0 spiro atoms. The summed E-state index contributed by atoms with van der Waals surface area (Å²) >= 11 is 0. The van der Waals surface area contributed by atoms with Crippen LogP contribution in [0.2, 0.25) is 0 Å². The molecule has 1 saturated carbocycles. The number of nitrogens with two attached hydrogens (primary N) is 1. The van der Waals surface area contributed by atoms with Crippen LogP contribution in [0.3, 0.4) is 0 Å². The Labute approximate surface area is 66.6 Å². The van der Waals surface area contributed by atoms with Crippen LogP contribution in [0.5, 0.6) is 0 Å². The third-order valence-electron chi connectivity index (χ3n) is 1.98. The van der Waals surface area contributed by atoms with Crippen LogP contribution in [0.1, 0.15) is 6.42 Å². The van der Waals surface area contributed by atoms with E-state index in [2.05, 4.69) is 0 Å². The Balaban J connectivity index is 2.60. The number of hydrogen-bond donors (Lipinski definition) is 1. The lowest BCUT2D eigenvalue weighted by Gasteiger charge is -2.07. The SMILES string of the molecule is COC[C@]1(N)C[C@H]1S(C)(=O)=O. The minimum absolute atomic E-state index is 0.324. The first-order valence-electron chi connectivity index (χ1n) is 3.37. The summed E-state index contributed by atoms with van der Waals surface area (Å²) < 4.78 is 26.7. The van der Waals surface area contributed by atoms with Crippen molar-refractivity contribution < 1.29 is 13.2 Å². The molecule has 5 heteroatoms. The number of rotatable bonds is 3. The van der Waals surface area contributed by atoms with E-state index in [0.717, 1.165) is 0 Å². The third-order valence-corrected chi connectivity index (χ3v) is 3.65. The highest BCUT2D eigenvalue weighted by atomic mass is 32.2. The molecular weight excluding hydrogens is 166 g/mol. The zero-order valence-electron chi connectivity index (χ0n) is 6.70. The second-order valence-corrected chi connectivity index (χ2v) is 5.42. The average Bonchev–Trinajstić information content (AvgIpc) is 2.41. The van der Waals surface area contributed by atoms with Crippen molar-refractivity contribution in [3.05, 3.63) is 0 Å². The highest BCUT2D eigenvalue weighted by molar-refractivity contribution is 7.91. The van der Waals surface area contributed by atoms with Crippen molar-refractivity contribution >= 4 is 9.84 Å². The van der Waals surface area contributed by atoms with Gasteiger partial charge >= 0.3 is 0 Å². The molecule has 0 radical (unpaired) electrons. The summed E-state index contributed by atoms with van der Waals surface area (Å²) in [4.78, 5) is 0. The van der Waals surface area contributed by atoms with E-state index < -0.39 is 20.6 Å². The fourth-order valence-electron chi connectivity index (χ4n) is 1.28. The maximum Gasteiger partial charge on any atom is 0.152 e. The minimum Gasteiger partial charge on any atom is -0.383 e. The van der Waals surface area contributed by atoms with Crippen LogP contribution in [0.4, 0.5) is 0 Å². The molecule has 1 aliphatic carbocycles. The Morgan fingerprint density at radius 2 is 2.27 bits per heavy atom. The molecule has 1 fully saturated rings. The first kappa shape index (κ1) is 8.96. The maximum absolute atomic E-state index is 10.9. The van der Waals surface area contributed by atoms with Crippen molar-refractivity contribution in [2.75, 3.05) is 20.0 Å². The van der Waals surface area contributed by atoms with Gasteiger partial charge in [-0.1, -0.05) is 0 Å². The maximum atomic E-state index is 10.9. The largest absolute Gasteiger partial charge is 0.383 e. The number of methoxy groups -OCH3 is 1. The summed E-state index contributed by atoms with van der Waals surface area (Å²) in [5.41, 5.74) is 5.07. The van der Waals surface area contributed by atoms with Gasteiger partial charge in [0.05, 0.1) is 17.4 Å². The lowest BCUT2D eigenvalue weighted by molar-refractivity contribution is 0.173. The van der Waals surface area contributed by atoms with E-state index in [-0.39, 0.29) is 0 Å². The molecule has 0 heterocycles. The molecule has 2 atom stereocenters. The normalized spacial score (nSPS) is 37.2. The summed E-state index contributed by atoms with van der Waals surface area (Å²) in [6.07, 6.45) is 1.74. The van der Waals surface area contributed by atoms with Crippen molar-refractivity contribution in [1.82, 2.24) is 0 Å². The second-order valence-electron chi connectivity index (χ2n) is 3.19. The van der Waals surface area contributed by atoms with Crippen LogP contribution in [0.25, 0.3) is 0 Å². The highest BCUT2D eigenvalue weighted by Gasteiger charge is 2.57. The Kier molecular flexibility index (Phi) is 1.98. The predicted octanol–water partition coefficient (Wildman–Crippen LogP) is -0.853. The van der Waals surface area contributed by atoms with Gasteiger partial charge in [-0.15, -0.1) is 0 Å². The van der Waals surface area contributed by atoms with Gasteiger partial charge in [-0.3, -0.25) is 0 Å². The Hall–Kier alpha value is -0.130. The zero-order chi connectivity index (χ0) is 8.70. The standard InChI is InChI=1S/C6H13NO3S/c1-10-4-6(7)3-5(6)11(2,8)9/h5H,3-4,7H2,1-2H3/t5-,6-/m1/s1. The monoisotopic (exact) mass is 179 g/mol. The second kappa shape index (κ2) is 2.43. The summed E-state index contributed by atoms with van der Waals surface area (Å²) in [5, 5.41) is -0.394. The van der Waals surface area contributed by atoms with E-state index in [0.29, 0.717) is 13.0 Å². The Morgan fingerprint density at radius 3 is 2.55 bits per heavy atom. The Bertz CT molecular complexity index is 249. The van der Waals surface area contributed by atoms with Crippen LogP contribution in [-0.2, 0) is 14.6 Å². The van der Waals surface area contributed by atoms with Gasteiger partial charge in [0.1, 0.15) is 0 Å². The lowest BCUT2D eigenvalue weighted by Crippen LogP contribution is -2.34. The molecule has 0 aromatic heterocycles. The number of sulfone groups is 1. The van der Waals surface area contributed by atoms with Crippen LogP contribution in [0, 0.1) is 0 Å². The van der Waals surface area contributed by atoms with E-state index >= 15 is 0 Å². The Morgan fingerprint density at radius 1 is 1.73 bits per heavy atom. The van der Waals surface area contributed by atoms with Gasteiger partial charge in [0.25, 0.3) is 0 Å². The molecule has 0 bridgehead atoms. The summed E-state index contributed by atoms with van der Waals surface area (Å²) in [6.45, 7) is 0.324. The number of hydrogen-bond acceptors (Lipinski definition) is 4. The van der Waals surface area contributed by atoms with Gasteiger partial charge in [0.15, 0.2) is 9.84 Å². The smallest absolute Gasteiger partial charge is 0.152 e. The quantitative estimate of drug-likeness (QED) is 0.612. The summed E-state index contributed by atoms with van der Waals surface area (Å²) in [7, 11) is -1.44. The molecule has 0 unspecified atom stereocenters. The van der Waals surface area contributed by atoms with E-state index in [1.165, 1.54) is 13.4 Å². The van der Waals surface area contributed by atoms with Gasteiger partial charge in [-0.05, 0) is 6.42 Å². The fourth-order valence-corrected chi connectivity index (χ4v) is 2.82. The number of ether oxygens (including phenoxy) is 1. The first-order valence-corrected chi connectivity index (χ1v) is 5.32. The van der Waals surface area contributed by atoms with Gasteiger partial charge in [0, 0.05) is 13.4 Å². The van der Waals surface area contributed by atoms with Crippen LogP contribution in [0.15, 0.2) is 0 Å². The van der Waals surface area contributed by atoms with E-state index in [1.807, 2.05) is 0 Å². The third kappa shape index (κ3) is 1.72. The molecule has 0 aliphatic heterocycles. The molecular formula is C6H13NO3S. The van der Waals surface area contributed by atoms with Gasteiger partial charge < -0.3 is 10.5 Å². The van der Waals surface area contributed by atoms with Crippen molar-refractivity contribution in [1.29, 1.82) is 0 Å². The highest BCUT2D eigenvalue weighted by Crippen LogP contribution is 2.39. The molecule has 2 N–H and O–H groups in total. The average molecular weight is 179 g/mol. The zero-order valence-corrected chi connectivity index (χ0v) is 7.52. The molecule has 1 aliphatic rings. The van der Waals surface area contributed by atoms with E-state index in [9.17, 15) is 8.42 Å². The van der Waals surface area contributed by atoms with Crippen LogP contribution >= 0.6 is 0 Å². The topological polar surface area (TPSA) is 69.4 Å². The molecule has 0 amide bonds. The van der Waals surface area contributed by atoms with Crippen molar-refractivity contribution in [2.24, 2.45) is 5.73 Å². The van der Waals surface area contributed by atoms with E-state index in [4.69, 9.17) is 10.5 Å². The molecule has 1 rings (SSSR count). The molecule has 11 heavy (non-hydrogen) atoms. The van der Waals surface area contributed by atoms with E-state index in [1.54, 1.807) is 0 Å². The first-order chi connectivity index (χ1) is 4.90. The van der Waals surface area contributed by atoms with Crippen LogP contribution in [-0.4, -0.2) is 39.2 Å². The summed E-state index contributed by atoms with van der Waals surface area (Å²) in [6, 6.07) is 0. The molecule has 0 saturated heterocycles. The van der Waals surface area contributed by atoms with Crippen LogP contribution < -0.4 is 5.73 Å². The van der Waals surface area contributed by atoms with Gasteiger partial charge in [0.2, 0.25) is 0 Å². The summed E-state index contributed by atoms with van der Waals surface area (Å²) in [5.74, 6) is 0. The predicted molar refractivity (Wildman–Crippen MR) is 42.0 cm³/mol. The lowest BCUT2D eigenvalue weighted by atomic mass is 10.3.